The van der Waals surface area contributed by atoms with Gasteiger partial charge in [0.25, 0.3) is 0 Å². The second kappa shape index (κ2) is 3.63. The standard InChI is InChI=1S/C12H14N4O/c1-7(13)11(17)9-4-5-14-12-10(9)15-6-16(12)8-2-3-8/h4-8H,2-3,13H2,1H3. The third-order valence-corrected chi connectivity index (χ3v) is 3.08. The molecule has 2 heterocycles. The molecule has 0 radical (unpaired) electrons. The first-order valence-corrected chi connectivity index (χ1v) is 5.80. The third kappa shape index (κ3) is 1.63. The van der Waals surface area contributed by atoms with Crippen molar-refractivity contribution in [2.24, 2.45) is 5.73 Å². The number of imidazole rings is 1. The Labute approximate surface area is 98.7 Å². The number of ketones is 1. The van der Waals surface area contributed by atoms with Crippen molar-refractivity contribution in [2.45, 2.75) is 31.8 Å². The molecule has 17 heavy (non-hydrogen) atoms. The zero-order chi connectivity index (χ0) is 12.0. The largest absolute Gasteiger partial charge is 0.321 e. The van der Waals surface area contributed by atoms with Gasteiger partial charge in [0.1, 0.15) is 5.52 Å². The van der Waals surface area contributed by atoms with Crippen LogP contribution in [0.3, 0.4) is 0 Å². The van der Waals surface area contributed by atoms with E-state index in [1.165, 1.54) is 12.8 Å². The van der Waals surface area contributed by atoms with E-state index in [9.17, 15) is 4.79 Å². The highest BCUT2D eigenvalue weighted by molar-refractivity contribution is 6.07. The summed E-state index contributed by atoms with van der Waals surface area (Å²) in [7, 11) is 0. The highest BCUT2D eigenvalue weighted by Crippen LogP contribution is 2.36. The van der Waals surface area contributed by atoms with Gasteiger partial charge in [0, 0.05) is 12.2 Å². The highest BCUT2D eigenvalue weighted by Gasteiger charge is 2.27. The SMILES string of the molecule is CC(N)C(=O)c1ccnc2c1ncn2C1CC1. The molecule has 0 amide bonds. The molecule has 2 aromatic heterocycles. The molecule has 1 fully saturated rings. The lowest BCUT2D eigenvalue weighted by atomic mass is 10.1. The number of nitrogens with two attached hydrogens (primary N) is 1. The first-order chi connectivity index (χ1) is 8.18. The number of rotatable bonds is 3. The van der Waals surface area contributed by atoms with Crippen LogP contribution < -0.4 is 5.73 Å². The second-order valence-electron chi connectivity index (χ2n) is 4.57. The van der Waals surface area contributed by atoms with E-state index < -0.39 is 6.04 Å². The number of hydrogen-bond donors (Lipinski definition) is 1. The van der Waals surface area contributed by atoms with Gasteiger partial charge in [0.2, 0.25) is 0 Å². The molecular formula is C12H14N4O. The Bertz CT molecular complexity index is 583. The highest BCUT2D eigenvalue weighted by atomic mass is 16.1. The predicted molar refractivity (Wildman–Crippen MR) is 63.8 cm³/mol. The average Bonchev–Trinajstić information content (AvgIpc) is 3.07. The monoisotopic (exact) mass is 230 g/mol. The molecule has 3 rings (SSSR count). The van der Waals surface area contributed by atoms with Crippen LogP contribution in [0.15, 0.2) is 18.6 Å². The Kier molecular flexibility index (Phi) is 2.22. The van der Waals surface area contributed by atoms with Crippen molar-refractivity contribution in [1.29, 1.82) is 0 Å². The van der Waals surface area contributed by atoms with E-state index in [4.69, 9.17) is 5.73 Å². The van der Waals surface area contributed by atoms with Crippen LogP contribution in [-0.4, -0.2) is 26.4 Å². The molecule has 1 unspecified atom stereocenters. The number of carbonyl (C=O) groups excluding carboxylic acids is 1. The normalized spacial score (nSPS) is 17.3. The Morgan fingerprint density at radius 2 is 2.29 bits per heavy atom. The van der Waals surface area contributed by atoms with E-state index in [0.29, 0.717) is 17.1 Å². The molecule has 1 saturated carbocycles. The Morgan fingerprint density at radius 3 is 2.94 bits per heavy atom. The van der Waals surface area contributed by atoms with Gasteiger partial charge < -0.3 is 10.3 Å². The van der Waals surface area contributed by atoms with Crippen LogP contribution in [-0.2, 0) is 0 Å². The molecule has 1 atom stereocenters. The quantitative estimate of drug-likeness (QED) is 0.806. The topological polar surface area (TPSA) is 73.8 Å². The van der Waals surface area contributed by atoms with Crippen LogP contribution in [0.5, 0.6) is 0 Å². The molecule has 5 nitrogen and oxygen atoms in total. The molecular weight excluding hydrogens is 216 g/mol. The summed E-state index contributed by atoms with van der Waals surface area (Å²) in [5, 5.41) is 0. The maximum Gasteiger partial charge on any atom is 0.181 e. The number of Topliss-reactive ketones (excluding diaryl/α,β-unsaturated/α-hetero) is 1. The van der Waals surface area contributed by atoms with Gasteiger partial charge >= 0.3 is 0 Å². The van der Waals surface area contributed by atoms with Crippen LogP contribution in [0.4, 0.5) is 0 Å². The lowest BCUT2D eigenvalue weighted by molar-refractivity contribution is 0.0969. The van der Waals surface area contributed by atoms with Crippen molar-refractivity contribution >= 4 is 16.9 Å². The number of carbonyl (C=O) groups is 1. The fourth-order valence-corrected chi connectivity index (χ4v) is 2.00. The fourth-order valence-electron chi connectivity index (χ4n) is 2.00. The number of pyridine rings is 1. The fraction of sp³-hybridized carbons (Fsp3) is 0.417. The molecule has 0 bridgehead atoms. The first kappa shape index (κ1) is 10.4. The minimum atomic E-state index is -0.508. The number of hydrogen-bond acceptors (Lipinski definition) is 4. The molecule has 1 aliphatic rings. The van der Waals surface area contributed by atoms with E-state index in [2.05, 4.69) is 9.97 Å². The minimum Gasteiger partial charge on any atom is -0.321 e. The summed E-state index contributed by atoms with van der Waals surface area (Å²) in [6.45, 7) is 1.69. The van der Waals surface area contributed by atoms with E-state index in [-0.39, 0.29) is 5.78 Å². The lowest BCUT2D eigenvalue weighted by Crippen LogP contribution is -2.26. The van der Waals surface area contributed by atoms with Gasteiger partial charge in [0.15, 0.2) is 11.4 Å². The summed E-state index contributed by atoms with van der Waals surface area (Å²) in [6.07, 6.45) is 5.75. The molecule has 0 aliphatic heterocycles. The van der Waals surface area contributed by atoms with E-state index >= 15 is 0 Å². The van der Waals surface area contributed by atoms with Crippen molar-refractivity contribution < 1.29 is 4.79 Å². The smallest absolute Gasteiger partial charge is 0.181 e. The predicted octanol–water partition coefficient (Wildman–Crippen LogP) is 1.30. The molecule has 0 spiro atoms. The third-order valence-electron chi connectivity index (χ3n) is 3.08. The molecule has 0 aromatic carbocycles. The Morgan fingerprint density at radius 1 is 1.53 bits per heavy atom. The molecule has 0 saturated heterocycles. The summed E-state index contributed by atoms with van der Waals surface area (Å²) in [5.74, 6) is -0.0848. The van der Waals surface area contributed by atoms with Crippen LogP contribution in [0.1, 0.15) is 36.2 Å². The summed E-state index contributed by atoms with van der Waals surface area (Å²) in [5.41, 5.74) is 7.67. The molecule has 1 aliphatic carbocycles. The van der Waals surface area contributed by atoms with Crippen LogP contribution in [0.25, 0.3) is 11.2 Å². The van der Waals surface area contributed by atoms with Gasteiger partial charge in [-0.1, -0.05) is 0 Å². The maximum absolute atomic E-state index is 12.0. The minimum absolute atomic E-state index is 0.0848. The van der Waals surface area contributed by atoms with Crippen molar-refractivity contribution in [3.05, 3.63) is 24.2 Å². The van der Waals surface area contributed by atoms with Crippen molar-refractivity contribution in [2.75, 3.05) is 0 Å². The van der Waals surface area contributed by atoms with Gasteiger partial charge in [-0.05, 0) is 25.8 Å². The Balaban J connectivity index is 2.16. The van der Waals surface area contributed by atoms with Crippen LogP contribution >= 0.6 is 0 Å². The molecule has 2 N–H and O–H groups in total. The van der Waals surface area contributed by atoms with E-state index in [1.807, 2.05) is 4.57 Å². The second-order valence-corrected chi connectivity index (χ2v) is 4.57. The van der Waals surface area contributed by atoms with Crippen molar-refractivity contribution in [3.8, 4) is 0 Å². The molecule has 5 heteroatoms. The van der Waals surface area contributed by atoms with E-state index in [0.717, 1.165) is 5.65 Å². The first-order valence-electron chi connectivity index (χ1n) is 5.80. The number of fused-ring (bicyclic) bond motifs is 1. The zero-order valence-corrected chi connectivity index (χ0v) is 9.63. The maximum atomic E-state index is 12.0. The summed E-state index contributed by atoms with van der Waals surface area (Å²) >= 11 is 0. The lowest BCUT2D eigenvalue weighted by Gasteiger charge is -2.05. The van der Waals surface area contributed by atoms with Gasteiger partial charge in [-0.15, -0.1) is 0 Å². The van der Waals surface area contributed by atoms with Gasteiger partial charge in [-0.2, -0.15) is 0 Å². The van der Waals surface area contributed by atoms with Crippen molar-refractivity contribution in [1.82, 2.24) is 14.5 Å². The number of aromatic nitrogens is 3. The summed E-state index contributed by atoms with van der Waals surface area (Å²) < 4.78 is 2.05. The summed E-state index contributed by atoms with van der Waals surface area (Å²) in [6, 6.07) is 1.69. The van der Waals surface area contributed by atoms with Gasteiger partial charge in [-0.3, -0.25) is 4.79 Å². The number of nitrogens with zero attached hydrogens (tertiary/aromatic N) is 3. The molecule has 88 valence electrons. The van der Waals surface area contributed by atoms with Crippen molar-refractivity contribution in [3.63, 3.8) is 0 Å². The van der Waals surface area contributed by atoms with Gasteiger partial charge in [-0.25, -0.2) is 9.97 Å². The van der Waals surface area contributed by atoms with Crippen LogP contribution in [0, 0.1) is 0 Å². The molecule has 2 aromatic rings. The average molecular weight is 230 g/mol. The van der Waals surface area contributed by atoms with E-state index in [1.54, 1.807) is 25.5 Å². The Hall–Kier alpha value is -1.75. The summed E-state index contributed by atoms with van der Waals surface area (Å²) in [4.78, 5) is 20.6. The zero-order valence-electron chi connectivity index (χ0n) is 9.63. The van der Waals surface area contributed by atoms with Crippen LogP contribution in [0.2, 0.25) is 0 Å². The van der Waals surface area contributed by atoms with Gasteiger partial charge in [0.05, 0.1) is 17.9 Å².